The molecule has 0 N–H and O–H groups in total. The predicted molar refractivity (Wildman–Crippen MR) is 71.7 cm³/mol. The van der Waals surface area contributed by atoms with Crippen LogP contribution in [0.1, 0.15) is 17.5 Å². The molecule has 1 fully saturated rings. The van der Waals surface area contributed by atoms with Crippen molar-refractivity contribution in [1.29, 1.82) is 0 Å². The minimum Gasteiger partial charge on any atom is -0.469 e. The molecule has 1 amide bonds. The van der Waals surface area contributed by atoms with Crippen molar-refractivity contribution in [2.45, 2.75) is 19.9 Å². The molecule has 19 heavy (non-hydrogen) atoms. The Morgan fingerprint density at radius 3 is 2.89 bits per heavy atom. The molecule has 1 aromatic carbocycles. The minimum atomic E-state index is -0.360. The lowest BCUT2D eigenvalue weighted by molar-refractivity contribution is -0.145. The van der Waals surface area contributed by atoms with E-state index in [9.17, 15) is 9.59 Å². The van der Waals surface area contributed by atoms with Gasteiger partial charge in [0, 0.05) is 24.5 Å². The zero-order valence-electron chi connectivity index (χ0n) is 11.0. The average molecular weight is 282 g/mol. The van der Waals surface area contributed by atoms with Crippen LogP contribution in [0.3, 0.4) is 0 Å². The van der Waals surface area contributed by atoms with Gasteiger partial charge in [-0.05, 0) is 24.1 Å². The van der Waals surface area contributed by atoms with E-state index < -0.39 is 0 Å². The summed E-state index contributed by atoms with van der Waals surface area (Å²) < 4.78 is 4.68. The van der Waals surface area contributed by atoms with Crippen LogP contribution in [0.4, 0.5) is 0 Å². The zero-order chi connectivity index (χ0) is 14.0. The number of benzene rings is 1. The molecule has 2 rings (SSSR count). The van der Waals surface area contributed by atoms with E-state index in [1.54, 1.807) is 4.90 Å². The van der Waals surface area contributed by atoms with Gasteiger partial charge in [-0.2, -0.15) is 0 Å². The summed E-state index contributed by atoms with van der Waals surface area (Å²) in [7, 11) is 1.34. The van der Waals surface area contributed by atoms with E-state index >= 15 is 0 Å². The van der Waals surface area contributed by atoms with E-state index in [-0.39, 0.29) is 24.2 Å². The number of amides is 1. The van der Waals surface area contributed by atoms with Crippen LogP contribution in [-0.2, 0) is 20.9 Å². The maximum Gasteiger partial charge on any atom is 0.310 e. The second kappa shape index (κ2) is 5.61. The summed E-state index contributed by atoms with van der Waals surface area (Å²) in [6.07, 6.45) is 0.218. The summed E-state index contributed by atoms with van der Waals surface area (Å²) in [6.45, 7) is 2.80. The van der Waals surface area contributed by atoms with E-state index in [1.165, 1.54) is 7.11 Å². The molecule has 0 radical (unpaired) electrons. The molecule has 1 aliphatic heterocycles. The van der Waals surface area contributed by atoms with Gasteiger partial charge in [-0.1, -0.05) is 23.7 Å². The van der Waals surface area contributed by atoms with Crippen molar-refractivity contribution in [2.75, 3.05) is 13.7 Å². The first kappa shape index (κ1) is 13.9. The molecule has 0 spiro atoms. The number of rotatable bonds is 3. The van der Waals surface area contributed by atoms with Gasteiger partial charge in [0.2, 0.25) is 5.91 Å². The number of hydrogen-bond donors (Lipinski definition) is 0. The summed E-state index contributed by atoms with van der Waals surface area (Å²) in [5.74, 6) is -0.723. The smallest absolute Gasteiger partial charge is 0.310 e. The third kappa shape index (κ3) is 3.07. The number of halogens is 1. The molecule has 4 nitrogen and oxygen atoms in total. The standard InChI is InChI=1S/C14H16ClNO3/c1-9-3-4-10(12(15)5-9)7-16-8-11(6-13(16)17)14(18)19-2/h3-5,11H,6-8H2,1-2H3. The van der Waals surface area contributed by atoms with Crippen LogP contribution in [-0.4, -0.2) is 30.4 Å². The molecule has 0 aliphatic carbocycles. The average Bonchev–Trinajstić information content (AvgIpc) is 2.73. The lowest BCUT2D eigenvalue weighted by Gasteiger charge is -2.17. The summed E-state index contributed by atoms with van der Waals surface area (Å²) in [4.78, 5) is 25.0. The fourth-order valence-electron chi connectivity index (χ4n) is 2.24. The number of hydrogen-bond acceptors (Lipinski definition) is 3. The molecule has 0 saturated carbocycles. The predicted octanol–water partition coefficient (Wildman–Crippen LogP) is 2.17. The van der Waals surface area contributed by atoms with Gasteiger partial charge in [0.05, 0.1) is 13.0 Å². The molecule has 0 bridgehead atoms. The van der Waals surface area contributed by atoms with E-state index in [0.29, 0.717) is 18.1 Å². The molecular formula is C14H16ClNO3. The maximum absolute atomic E-state index is 11.9. The summed E-state index contributed by atoms with van der Waals surface area (Å²) in [5.41, 5.74) is 1.97. The molecule has 1 unspecified atom stereocenters. The molecule has 1 saturated heterocycles. The number of carbonyl (C=O) groups is 2. The highest BCUT2D eigenvalue weighted by Crippen LogP contribution is 2.24. The Hall–Kier alpha value is -1.55. The lowest BCUT2D eigenvalue weighted by Crippen LogP contribution is -2.26. The van der Waals surface area contributed by atoms with Crippen LogP contribution in [0.15, 0.2) is 18.2 Å². The van der Waals surface area contributed by atoms with Crippen LogP contribution >= 0.6 is 11.6 Å². The normalized spacial score (nSPS) is 18.8. The summed E-state index contributed by atoms with van der Waals surface area (Å²) in [5, 5.41) is 0.648. The first-order valence-electron chi connectivity index (χ1n) is 6.12. The van der Waals surface area contributed by atoms with Crippen molar-refractivity contribution in [2.24, 2.45) is 5.92 Å². The molecule has 0 aromatic heterocycles. The molecule has 102 valence electrons. The number of aryl methyl sites for hydroxylation is 1. The van der Waals surface area contributed by atoms with Crippen molar-refractivity contribution < 1.29 is 14.3 Å². The fourth-order valence-corrected chi connectivity index (χ4v) is 2.53. The molecule has 1 aliphatic rings. The second-order valence-electron chi connectivity index (χ2n) is 4.79. The molecule has 5 heteroatoms. The van der Waals surface area contributed by atoms with Crippen LogP contribution in [0, 0.1) is 12.8 Å². The highest BCUT2D eigenvalue weighted by molar-refractivity contribution is 6.31. The molecule has 1 atom stereocenters. The van der Waals surface area contributed by atoms with E-state index in [2.05, 4.69) is 4.74 Å². The molecular weight excluding hydrogens is 266 g/mol. The van der Waals surface area contributed by atoms with Gasteiger partial charge in [-0.25, -0.2) is 0 Å². The zero-order valence-corrected chi connectivity index (χ0v) is 11.7. The van der Waals surface area contributed by atoms with Crippen molar-refractivity contribution in [3.8, 4) is 0 Å². The van der Waals surface area contributed by atoms with Crippen LogP contribution in [0.5, 0.6) is 0 Å². The van der Waals surface area contributed by atoms with Crippen LogP contribution < -0.4 is 0 Å². The van der Waals surface area contributed by atoms with E-state index in [0.717, 1.165) is 11.1 Å². The third-order valence-electron chi connectivity index (χ3n) is 3.32. The monoisotopic (exact) mass is 281 g/mol. The maximum atomic E-state index is 11.9. The first-order valence-corrected chi connectivity index (χ1v) is 6.49. The number of esters is 1. The Morgan fingerprint density at radius 2 is 2.26 bits per heavy atom. The summed E-state index contributed by atoms with van der Waals surface area (Å²) >= 11 is 6.15. The Bertz CT molecular complexity index is 515. The van der Waals surface area contributed by atoms with Gasteiger partial charge in [-0.15, -0.1) is 0 Å². The Kier molecular flexibility index (Phi) is 4.10. The number of likely N-dealkylation sites (tertiary alicyclic amines) is 1. The number of methoxy groups -OCH3 is 1. The molecule has 1 heterocycles. The SMILES string of the molecule is COC(=O)C1CC(=O)N(Cc2ccc(C)cc2Cl)C1. The van der Waals surface area contributed by atoms with Crippen LogP contribution in [0.2, 0.25) is 5.02 Å². The van der Waals surface area contributed by atoms with Crippen molar-refractivity contribution in [3.63, 3.8) is 0 Å². The highest BCUT2D eigenvalue weighted by Gasteiger charge is 2.35. The van der Waals surface area contributed by atoms with E-state index in [4.69, 9.17) is 11.6 Å². The lowest BCUT2D eigenvalue weighted by atomic mass is 10.1. The van der Waals surface area contributed by atoms with Crippen molar-refractivity contribution >= 4 is 23.5 Å². The topological polar surface area (TPSA) is 46.6 Å². The van der Waals surface area contributed by atoms with Gasteiger partial charge >= 0.3 is 5.97 Å². The fraction of sp³-hybridized carbons (Fsp3) is 0.429. The molecule has 1 aromatic rings. The third-order valence-corrected chi connectivity index (χ3v) is 3.67. The minimum absolute atomic E-state index is 0.0351. The largest absolute Gasteiger partial charge is 0.469 e. The van der Waals surface area contributed by atoms with Gasteiger partial charge in [-0.3, -0.25) is 9.59 Å². The van der Waals surface area contributed by atoms with Gasteiger partial charge < -0.3 is 9.64 Å². The van der Waals surface area contributed by atoms with Gasteiger partial charge in [0.25, 0.3) is 0 Å². The Morgan fingerprint density at radius 1 is 1.53 bits per heavy atom. The Balaban J connectivity index is 2.07. The van der Waals surface area contributed by atoms with E-state index in [1.807, 2.05) is 25.1 Å². The quantitative estimate of drug-likeness (QED) is 0.798. The Labute approximate surface area is 117 Å². The summed E-state index contributed by atoms with van der Waals surface area (Å²) in [6, 6.07) is 5.74. The highest BCUT2D eigenvalue weighted by atomic mass is 35.5. The number of nitrogens with zero attached hydrogens (tertiary/aromatic N) is 1. The van der Waals surface area contributed by atoms with Gasteiger partial charge in [0.1, 0.15) is 0 Å². The first-order chi connectivity index (χ1) is 9.01. The number of carbonyl (C=O) groups excluding carboxylic acids is 2. The second-order valence-corrected chi connectivity index (χ2v) is 5.20. The van der Waals surface area contributed by atoms with Crippen LogP contribution in [0.25, 0.3) is 0 Å². The van der Waals surface area contributed by atoms with Gasteiger partial charge in [0.15, 0.2) is 0 Å². The van der Waals surface area contributed by atoms with Crippen molar-refractivity contribution in [3.05, 3.63) is 34.3 Å². The van der Waals surface area contributed by atoms with Crippen molar-refractivity contribution in [1.82, 2.24) is 4.90 Å². The number of ether oxygens (including phenoxy) is 1.